The van der Waals surface area contributed by atoms with Crippen LogP contribution in [0, 0.1) is 11.7 Å². The Hall–Kier alpha value is -4.23. The molecule has 0 saturated heterocycles. The number of anilines is 2. The molecule has 3 aliphatic rings. The summed E-state index contributed by atoms with van der Waals surface area (Å²) in [5.41, 5.74) is -0.727. The maximum Gasteiger partial charge on any atom is 0.251 e. The third-order valence-corrected chi connectivity index (χ3v) is 9.84. The largest absolute Gasteiger partial charge is 0.488 e. The Morgan fingerprint density at radius 1 is 1.16 bits per heavy atom. The standard InChI is InChI=1S/C30H27F2N5O5S/c1-16-8-20(16)23-3-4-25-29(36-23)37(6-7-42-25)28-5-2-17-12-33-19(11-24(17)35-28)13-34-30(38)18-9-22(31)21-14-41-15-27(32)43(39,40)26(21)10-18/h2-5,9-12,16,20,27H,6-8,13-15H2,1H3,(H,34,38)/t16-,20-,27-/m1/s1. The lowest BCUT2D eigenvalue weighted by Crippen LogP contribution is -2.30. The molecule has 0 spiro atoms. The molecule has 0 bridgehead atoms. The molecule has 43 heavy (non-hydrogen) atoms. The maximum atomic E-state index is 14.8. The number of hydrogen-bond acceptors (Lipinski definition) is 9. The molecule has 5 heterocycles. The predicted octanol–water partition coefficient (Wildman–Crippen LogP) is 4.35. The number of carbonyl (C=O) groups excluding carboxylic acids is 1. The first-order valence-electron chi connectivity index (χ1n) is 13.9. The number of sulfone groups is 1. The number of rotatable bonds is 5. The minimum absolute atomic E-state index is 0.0359. The molecule has 0 unspecified atom stereocenters. The van der Waals surface area contributed by atoms with E-state index < -0.39 is 45.2 Å². The molecule has 4 aromatic rings. The molecule has 3 aromatic heterocycles. The average Bonchev–Trinajstić information content (AvgIpc) is 3.76. The van der Waals surface area contributed by atoms with Gasteiger partial charge in [-0.2, -0.15) is 0 Å². The van der Waals surface area contributed by atoms with E-state index in [4.69, 9.17) is 19.4 Å². The van der Waals surface area contributed by atoms with Crippen molar-refractivity contribution in [3.8, 4) is 5.75 Å². The van der Waals surface area contributed by atoms with Gasteiger partial charge >= 0.3 is 0 Å². The Kier molecular flexibility index (Phi) is 6.73. The summed E-state index contributed by atoms with van der Waals surface area (Å²) < 4.78 is 64.8. The lowest BCUT2D eigenvalue weighted by Gasteiger charge is -2.29. The van der Waals surface area contributed by atoms with E-state index in [-0.39, 0.29) is 17.7 Å². The number of nitrogens with zero attached hydrogens (tertiary/aromatic N) is 4. The fourth-order valence-corrected chi connectivity index (χ4v) is 6.80. The third kappa shape index (κ3) is 5.06. The van der Waals surface area contributed by atoms with Crippen LogP contribution >= 0.6 is 0 Å². The highest BCUT2D eigenvalue weighted by atomic mass is 32.2. The summed E-state index contributed by atoms with van der Waals surface area (Å²) in [6.45, 7) is 2.13. The second-order valence-corrected chi connectivity index (χ2v) is 13.0. The molecule has 7 rings (SSSR count). The molecule has 1 amide bonds. The molecular weight excluding hydrogens is 580 g/mol. The van der Waals surface area contributed by atoms with E-state index in [0.29, 0.717) is 47.8 Å². The number of aromatic nitrogens is 3. The van der Waals surface area contributed by atoms with Crippen molar-refractivity contribution in [2.24, 2.45) is 5.92 Å². The van der Waals surface area contributed by atoms with Gasteiger partial charge in [0.15, 0.2) is 11.6 Å². The topological polar surface area (TPSA) is 124 Å². The molecule has 10 nitrogen and oxygen atoms in total. The van der Waals surface area contributed by atoms with Crippen LogP contribution in [0.5, 0.6) is 5.75 Å². The van der Waals surface area contributed by atoms with E-state index in [1.165, 1.54) is 0 Å². The average molecular weight is 608 g/mol. The SMILES string of the molecule is C[C@@H]1C[C@H]1c1ccc2c(n1)N(c1ccc3cnc(CNC(=O)c4cc(F)c5c(c4)S(=O)(=O)[C@@H](F)COC5)cc3n1)CCO2. The van der Waals surface area contributed by atoms with Gasteiger partial charge in [0.2, 0.25) is 15.3 Å². The van der Waals surface area contributed by atoms with Gasteiger partial charge in [-0.05, 0) is 54.8 Å². The molecule has 0 radical (unpaired) electrons. The highest BCUT2D eigenvalue weighted by Gasteiger charge is 2.37. The van der Waals surface area contributed by atoms with Crippen LogP contribution in [0.1, 0.15) is 46.6 Å². The molecule has 2 aliphatic heterocycles. The molecule has 3 atom stereocenters. The Bertz CT molecular complexity index is 1890. The van der Waals surface area contributed by atoms with Crippen molar-refractivity contribution in [1.82, 2.24) is 20.3 Å². The molecule has 1 fully saturated rings. The predicted molar refractivity (Wildman–Crippen MR) is 152 cm³/mol. The summed E-state index contributed by atoms with van der Waals surface area (Å²) in [5, 5.41) is 3.43. The van der Waals surface area contributed by atoms with Crippen LogP contribution in [0.4, 0.5) is 20.4 Å². The van der Waals surface area contributed by atoms with Crippen molar-refractivity contribution in [3.05, 3.63) is 77.0 Å². The Morgan fingerprint density at radius 3 is 2.81 bits per heavy atom. The molecule has 222 valence electrons. The Balaban J connectivity index is 1.12. The quantitative estimate of drug-likeness (QED) is 0.353. The van der Waals surface area contributed by atoms with Gasteiger partial charge in [0.1, 0.15) is 18.2 Å². The van der Waals surface area contributed by atoms with Crippen molar-refractivity contribution >= 4 is 38.3 Å². The monoisotopic (exact) mass is 607 g/mol. The highest BCUT2D eigenvalue weighted by Crippen LogP contribution is 2.48. The van der Waals surface area contributed by atoms with Gasteiger partial charge in [0, 0.05) is 34.3 Å². The zero-order valence-corrected chi connectivity index (χ0v) is 23.9. The Morgan fingerprint density at radius 2 is 2.00 bits per heavy atom. The van der Waals surface area contributed by atoms with E-state index in [9.17, 15) is 22.0 Å². The fourth-order valence-electron chi connectivity index (χ4n) is 5.46. The lowest BCUT2D eigenvalue weighted by molar-refractivity contribution is 0.0938. The van der Waals surface area contributed by atoms with Gasteiger partial charge in [-0.3, -0.25) is 9.78 Å². The second kappa shape index (κ2) is 10.5. The third-order valence-electron chi connectivity index (χ3n) is 8.06. The first kappa shape index (κ1) is 27.6. The summed E-state index contributed by atoms with van der Waals surface area (Å²) in [4.78, 5) is 28.5. The zero-order valence-electron chi connectivity index (χ0n) is 23.1. The van der Waals surface area contributed by atoms with Gasteiger partial charge in [-0.15, -0.1) is 0 Å². The molecule has 1 aromatic carbocycles. The van der Waals surface area contributed by atoms with Gasteiger partial charge in [0.05, 0.1) is 42.4 Å². The first-order valence-corrected chi connectivity index (χ1v) is 15.5. The van der Waals surface area contributed by atoms with Crippen molar-refractivity contribution in [1.29, 1.82) is 0 Å². The summed E-state index contributed by atoms with van der Waals surface area (Å²) in [6, 6.07) is 11.4. The fraction of sp³-hybridized carbons (Fsp3) is 0.333. The van der Waals surface area contributed by atoms with Crippen LogP contribution in [0.2, 0.25) is 0 Å². The molecule has 1 saturated carbocycles. The number of pyridine rings is 3. The van der Waals surface area contributed by atoms with Crippen LogP contribution in [0.15, 0.2) is 53.6 Å². The smallest absolute Gasteiger partial charge is 0.251 e. The van der Waals surface area contributed by atoms with Crippen LogP contribution < -0.4 is 15.0 Å². The molecule has 13 heteroatoms. The minimum Gasteiger partial charge on any atom is -0.488 e. The number of amides is 1. The van der Waals surface area contributed by atoms with Crippen molar-refractivity contribution < 1.29 is 31.5 Å². The summed E-state index contributed by atoms with van der Waals surface area (Å²) in [7, 11) is -4.51. The van der Waals surface area contributed by atoms with Gasteiger partial charge < -0.3 is 19.7 Å². The van der Waals surface area contributed by atoms with E-state index in [0.717, 1.165) is 35.5 Å². The zero-order chi connectivity index (χ0) is 29.9. The number of ether oxygens (including phenoxy) is 2. The molecular formula is C30H27F2N5O5S. The maximum absolute atomic E-state index is 14.8. The number of hydrogen-bond donors (Lipinski definition) is 1. The van der Waals surface area contributed by atoms with Gasteiger partial charge in [-0.25, -0.2) is 27.2 Å². The number of alkyl halides is 1. The van der Waals surface area contributed by atoms with Crippen LogP contribution in [0.25, 0.3) is 10.9 Å². The number of halogens is 2. The Labute approximate surface area is 246 Å². The van der Waals surface area contributed by atoms with E-state index in [1.807, 2.05) is 29.2 Å². The summed E-state index contributed by atoms with van der Waals surface area (Å²) >= 11 is 0. The second-order valence-electron chi connectivity index (χ2n) is 11.0. The lowest BCUT2D eigenvalue weighted by atomic mass is 10.1. The van der Waals surface area contributed by atoms with Gasteiger partial charge in [0.25, 0.3) is 5.91 Å². The number of carbonyl (C=O) groups is 1. The number of benzene rings is 1. The van der Waals surface area contributed by atoms with Crippen LogP contribution in [-0.2, 0) is 27.7 Å². The van der Waals surface area contributed by atoms with Crippen molar-refractivity contribution in [3.63, 3.8) is 0 Å². The van der Waals surface area contributed by atoms with Gasteiger partial charge in [-0.1, -0.05) is 6.92 Å². The van der Waals surface area contributed by atoms with Crippen molar-refractivity contribution in [2.45, 2.75) is 42.8 Å². The summed E-state index contributed by atoms with van der Waals surface area (Å²) in [5.74, 6) is 1.52. The van der Waals surface area contributed by atoms with E-state index in [2.05, 4.69) is 17.2 Å². The summed E-state index contributed by atoms with van der Waals surface area (Å²) in [6.07, 6.45) is 2.77. The normalized spacial score (nSPS) is 22.2. The first-order chi connectivity index (χ1) is 20.7. The molecule has 1 N–H and O–H groups in total. The van der Waals surface area contributed by atoms with Crippen LogP contribution in [0.3, 0.4) is 0 Å². The van der Waals surface area contributed by atoms with Crippen molar-refractivity contribution in [2.75, 3.05) is 24.7 Å². The minimum atomic E-state index is -4.51. The molecule has 1 aliphatic carbocycles. The van der Waals surface area contributed by atoms with E-state index >= 15 is 0 Å². The number of fused-ring (bicyclic) bond motifs is 3. The van der Waals surface area contributed by atoms with Crippen LogP contribution in [-0.4, -0.2) is 54.5 Å². The highest BCUT2D eigenvalue weighted by molar-refractivity contribution is 7.92. The van der Waals surface area contributed by atoms with E-state index in [1.54, 1.807) is 12.3 Å². The number of nitrogens with one attached hydrogen (secondary N) is 1.